The first-order chi connectivity index (χ1) is 12.4. The van der Waals surface area contributed by atoms with Gasteiger partial charge < -0.3 is 14.5 Å². The Morgan fingerprint density at radius 2 is 1.73 bits per heavy atom. The number of hydrogen-bond donors (Lipinski definition) is 1. The van der Waals surface area contributed by atoms with Gasteiger partial charge in [-0.15, -0.1) is 0 Å². The zero-order valence-corrected chi connectivity index (χ0v) is 16.1. The smallest absolute Gasteiger partial charge is 0.339 e. The predicted molar refractivity (Wildman–Crippen MR) is 101 cm³/mol. The summed E-state index contributed by atoms with van der Waals surface area (Å²) in [5.41, 5.74) is 2.31. The van der Waals surface area contributed by atoms with Gasteiger partial charge in [0, 0.05) is 11.9 Å². The highest BCUT2D eigenvalue weighted by molar-refractivity contribution is 6.12. The highest BCUT2D eigenvalue weighted by Crippen LogP contribution is 2.32. The molecule has 0 unspecified atom stereocenters. The molecule has 26 heavy (non-hydrogen) atoms. The van der Waals surface area contributed by atoms with E-state index in [0.29, 0.717) is 30.8 Å². The number of nitrogens with one attached hydrogen (secondary N) is 1. The minimum atomic E-state index is -0.460. The molecular weight excluding hydrogens is 330 g/mol. The van der Waals surface area contributed by atoms with Gasteiger partial charge in [0.1, 0.15) is 0 Å². The number of carbonyl (C=O) groups is 2. The molecule has 1 aliphatic rings. The van der Waals surface area contributed by atoms with Gasteiger partial charge in [-0.1, -0.05) is 33.8 Å². The third kappa shape index (κ3) is 5.35. The minimum Gasteiger partial charge on any atom is -0.462 e. The van der Waals surface area contributed by atoms with Gasteiger partial charge >= 0.3 is 11.9 Å². The lowest BCUT2D eigenvalue weighted by Crippen LogP contribution is -2.21. The molecule has 1 aromatic rings. The summed E-state index contributed by atoms with van der Waals surface area (Å²) in [6, 6.07) is 3.79. The normalized spacial score (nSPS) is 15.1. The van der Waals surface area contributed by atoms with Crippen LogP contribution >= 0.6 is 0 Å². The zero-order valence-electron chi connectivity index (χ0n) is 16.1. The first-order valence-corrected chi connectivity index (χ1v) is 9.31. The molecule has 0 radical (unpaired) electrons. The summed E-state index contributed by atoms with van der Waals surface area (Å²) in [6.45, 7) is 8.55. The largest absolute Gasteiger partial charge is 0.462 e. The van der Waals surface area contributed by atoms with Crippen LogP contribution in [0.3, 0.4) is 0 Å². The molecule has 0 amide bonds. The van der Waals surface area contributed by atoms with E-state index in [1.807, 2.05) is 52.1 Å². The van der Waals surface area contributed by atoms with Crippen molar-refractivity contribution in [3.63, 3.8) is 0 Å². The van der Waals surface area contributed by atoms with E-state index in [4.69, 9.17) is 9.47 Å². The molecule has 1 N–H and O–H groups in total. The molecule has 0 saturated heterocycles. The number of H-pyrrole nitrogens is 1. The molecule has 0 atom stereocenters. The molecule has 5 nitrogen and oxygen atoms in total. The van der Waals surface area contributed by atoms with Crippen LogP contribution in [0.15, 0.2) is 35.6 Å². The van der Waals surface area contributed by atoms with E-state index in [1.54, 1.807) is 0 Å². The maximum Gasteiger partial charge on any atom is 0.339 e. The molecule has 0 aromatic carbocycles. The molecule has 1 heterocycles. The van der Waals surface area contributed by atoms with E-state index in [0.717, 1.165) is 24.1 Å². The number of carbonyl (C=O) groups excluding carboxylic acids is 2. The van der Waals surface area contributed by atoms with E-state index < -0.39 is 11.9 Å². The van der Waals surface area contributed by atoms with Crippen LogP contribution < -0.4 is 0 Å². The van der Waals surface area contributed by atoms with Crippen LogP contribution in [0.1, 0.15) is 52.7 Å². The third-order valence-corrected chi connectivity index (χ3v) is 3.99. The Hall–Kier alpha value is -2.30. The lowest BCUT2D eigenvalue weighted by atomic mass is 9.96. The Bertz CT molecular complexity index is 681. The second-order valence-corrected chi connectivity index (χ2v) is 7.43. The van der Waals surface area contributed by atoms with Crippen LogP contribution in [0.25, 0.3) is 5.57 Å². The van der Waals surface area contributed by atoms with Crippen molar-refractivity contribution in [3.05, 3.63) is 41.2 Å². The first kappa shape index (κ1) is 20.0. The van der Waals surface area contributed by atoms with E-state index in [2.05, 4.69) is 4.98 Å². The van der Waals surface area contributed by atoms with Crippen molar-refractivity contribution in [1.82, 2.24) is 4.98 Å². The maximum atomic E-state index is 12.9. The number of hydrogen-bond acceptors (Lipinski definition) is 4. The van der Waals surface area contributed by atoms with Crippen molar-refractivity contribution in [2.24, 2.45) is 11.8 Å². The van der Waals surface area contributed by atoms with E-state index in [1.165, 1.54) is 0 Å². The number of allylic oxidation sites excluding steroid dienone is 2. The fourth-order valence-electron chi connectivity index (χ4n) is 2.76. The minimum absolute atomic E-state index is 0.222. The van der Waals surface area contributed by atoms with E-state index >= 15 is 0 Å². The van der Waals surface area contributed by atoms with Crippen molar-refractivity contribution in [3.8, 4) is 0 Å². The van der Waals surface area contributed by atoms with Crippen LogP contribution in [0.5, 0.6) is 0 Å². The summed E-state index contributed by atoms with van der Waals surface area (Å²) in [6.07, 6.45) is 5.90. The van der Waals surface area contributed by atoms with Gasteiger partial charge in [-0.05, 0) is 48.8 Å². The lowest BCUT2D eigenvalue weighted by molar-refractivity contribution is -0.143. The number of ether oxygens (including phenoxy) is 2. The lowest BCUT2D eigenvalue weighted by Gasteiger charge is -2.16. The highest BCUT2D eigenvalue weighted by atomic mass is 16.5. The Labute approximate surface area is 155 Å². The van der Waals surface area contributed by atoms with Gasteiger partial charge in [0.15, 0.2) is 0 Å². The maximum absolute atomic E-state index is 12.9. The van der Waals surface area contributed by atoms with Crippen LogP contribution in [0, 0.1) is 11.8 Å². The summed E-state index contributed by atoms with van der Waals surface area (Å²) in [5, 5.41) is 0. The van der Waals surface area contributed by atoms with Gasteiger partial charge in [0.2, 0.25) is 0 Å². The van der Waals surface area contributed by atoms with Crippen molar-refractivity contribution >= 4 is 17.5 Å². The molecule has 142 valence electrons. The molecular formula is C21H29NO4. The van der Waals surface area contributed by atoms with Crippen LogP contribution in [-0.4, -0.2) is 30.1 Å². The van der Waals surface area contributed by atoms with E-state index in [9.17, 15) is 9.59 Å². The number of aromatic nitrogens is 1. The molecule has 0 spiro atoms. The molecule has 0 aliphatic heterocycles. The molecule has 2 rings (SSSR count). The van der Waals surface area contributed by atoms with Gasteiger partial charge in [-0.25, -0.2) is 9.59 Å². The Morgan fingerprint density at radius 3 is 2.31 bits per heavy atom. The average Bonchev–Trinajstić information content (AvgIpc) is 3.03. The first-order valence-electron chi connectivity index (χ1n) is 9.31. The molecule has 1 aromatic heterocycles. The van der Waals surface area contributed by atoms with Crippen molar-refractivity contribution in [1.29, 1.82) is 0 Å². The average molecular weight is 359 g/mol. The Balaban J connectivity index is 2.41. The summed E-state index contributed by atoms with van der Waals surface area (Å²) in [7, 11) is 0. The van der Waals surface area contributed by atoms with Crippen molar-refractivity contribution in [2.75, 3.05) is 13.2 Å². The molecule has 0 saturated carbocycles. The molecule has 1 aliphatic carbocycles. The van der Waals surface area contributed by atoms with E-state index in [-0.39, 0.29) is 11.8 Å². The molecule has 0 bridgehead atoms. The quantitative estimate of drug-likeness (QED) is 0.738. The second-order valence-electron chi connectivity index (χ2n) is 7.43. The van der Waals surface area contributed by atoms with Gasteiger partial charge in [-0.3, -0.25) is 0 Å². The Morgan fingerprint density at radius 1 is 1.08 bits per heavy atom. The number of aromatic amines is 1. The topological polar surface area (TPSA) is 68.4 Å². The Kier molecular flexibility index (Phi) is 7.25. The SMILES string of the molecule is CC(C)COC(=O)C1=CCCCC(c2ccc[nH]2)=C1C(=O)OCC(C)C. The van der Waals surface area contributed by atoms with Crippen LogP contribution in [0.4, 0.5) is 0 Å². The fourth-order valence-corrected chi connectivity index (χ4v) is 2.76. The summed E-state index contributed by atoms with van der Waals surface area (Å²) < 4.78 is 10.9. The highest BCUT2D eigenvalue weighted by Gasteiger charge is 2.29. The van der Waals surface area contributed by atoms with Crippen LogP contribution in [0.2, 0.25) is 0 Å². The summed E-state index contributed by atoms with van der Waals surface area (Å²) in [5.74, 6) is -0.466. The second kappa shape index (κ2) is 9.41. The molecule has 5 heteroatoms. The third-order valence-electron chi connectivity index (χ3n) is 3.99. The number of rotatable bonds is 7. The fraction of sp³-hybridized carbons (Fsp3) is 0.524. The summed E-state index contributed by atoms with van der Waals surface area (Å²) in [4.78, 5) is 28.7. The monoisotopic (exact) mass is 359 g/mol. The van der Waals surface area contributed by atoms with Gasteiger partial charge in [0.25, 0.3) is 0 Å². The molecule has 0 fully saturated rings. The zero-order chi connectivity index (χ0) is 19.1. The van der Waals surface area contributed by atoms with Crippen LogP contribution in [-0.2, 0) is 19.1 Å². The standard InChI is InChI=1S/C21H29NO4/c1-14(2)12-25-20(23)17-9-6-5-8-16(18-10-7-11-22-18)19(17)21(24)26-13-15(3)4/h7,9-11,14-15,22H,5-6,8,12-13H2,1-4H3. The predicted octanol–water partition coefficient (Wildman–Crippen LogP) is 4.28. The van der Waals surface area contributed by atoms with Crippen molar-refractivity contribution in [2.45, 2.75) is 47.0 Å². The number of esters is 2. The summed E-state index contributed by atoms with van der Waals surface area (Å²) >= 11 is 0. The van der Waals surface area contributed by atoms with Gasteiger partial charge in [0.05, 0.1) is 24.4 Å². The van der Waals surface area contributed by atoms with Crippen molar-refractivity contribution < 1.29 is 19.1 Å². The van der Waals surface area contributed by atoms with Gasteiger partial charge in [-0.2, -0.15) is 0 Å².